The second-order valence-electron chi connectivity index (χ2n) is 1.94. The number of nitrogens with zero attached hydrogens (tertiary/aromatic N) is 2. The van der Waals surface area contributed by atoms with Gasteiger partial charge in [-0.1, -0.05) is 0 Å². The number of carboxylic acid groups (broad SMARTS) is 1. The molecule has 4 nitrogen and oxygen atoms in total. The van der Waals surface area contributed by atoms with Gasteiger partial charge in [0, 0.05) is 26.2 Å². The summed E-state index contributed by atoms with van der Waals surface area (Å²) in [5.74, 6) is 0. The Morgan fingerprint density at radius 1 is 1.44 bits per heavy atom. The highest BCUT2D eigenvalue weighted by atomic mass is 16.4. The molecule has 51 valence electrons. The summed E-state index contributed by atoms with van der Waals surface area (Å²) >= 11 is 0. The highest BCUT2D eigenvalue weighted by Crippen LogP contribution is 1.91. The first kappa shape index (κ1) is 6.35. The normalized spacial score (nSPS) is 19.8. The van der Waals surface area contributed by atoms with E-state index in [0.717, 1.165) is 0 Å². The van der Waals surface area contributed by atoms with E-state index >= 15 is 0 Å². The van der Waals surface area contributed by atoms with E-state index in [-0.39, 0.29) is 0 Å². The molecule has 0 aliphatic carbocycles. The van der Waals surface area contributed by atoms with Crippen molar-refractivity contribution in [3.63, 3.8) is 0 Å². The van der Waals surface area contributed by atoms with Crippen LogP contribution in [0.3, 0.4) is 0 Å². The Hall–Kier alpha value is -0.770. The lowest BCUT2D eigenvalue weighted by molar-refractivity contribution is 0.138. The number of hydrogen-bond donors (Lipinski definition) is 1. The van der Waals surface area contributed by atoms with Gasteiger partial charge in [0.15, 0.2) is 0 Å². The van der Waals surface area contributed by atoms with Gasteiger partial charge in [0.1, 0.15) is 0 Å². The predicted molar refractivity (Wildman–Crippen MR) is 31.5 cm³/mol. The molecule has 0 aromatic carbocycles. The van der Waals surface area contributed by atoms with E-state index in [1.165, 1.54) is 4.90 Å². The monoisotopic (exact) mass is 129 g/mol. The summed E-state index contributed by atoms with van der Waals surface area (Å²) < 4.78 is 0. The number of hydrogen-bond acceptors (Lipinski definition) is 1. The molecule has 1 radical (unpaired) electrons. The van der Waals surface area contributed by atoms with Gasteiger partial charge in [0.2, 0.25) is 0 Å². The topological polar surface area (TPSA) is 54.6 Å². The molecular formula is C5H9N2O2. The SMILES string of the molecule is O=C(O)N1CC[N]CC1. The molecule has 1 aliphatic rings. The molecule has 1 heterocycles. The lowest BCUT2D eigenvalue weighted by Crippen LogP contribution is -2.42. The Bertz CT molecular complexity index is 110. The minimum absolute atomic E-state index is 0.565. The fourth-order valence-electron chi connectivity index (χ4n) is 0.798. The number of rotatable bonds is 0. The summed E-state index contributed by atoms with van der Waals surface area (Å²) in [6.07, 6.45) is -0.829. The summed E-state index contributed by atoms with van der Waals surface area (Å²) in [5, 5.41) is 12.4. The van der Waals surface area contributed by atoms with Crippen LogP contribution in [0.2, 0.25) is 0 Å². The highest BCUT2D eigenvalue weighted by molar-refractivity contribution is 5.65. The van der Waals surface area contributed by atoms with Gasteiger partial charge in [-0.05, 0) is 0 Å². The molecule has 1 saturated heterocycles. The van der Waals surface area contributed by atoms with E-state index in [0.29, 0.717) is 26.2 Å². The lowest BCUT2D eigenvalue weighted by Gasteiger charge is -2.22. The summed E-state index contributed by atoms with van der Waals surface area (Å²) in [4.78, 5) is 11.6. The Labute approximate surface area is 53.5 Å². The molecule has 9 heavy (non-hydrogen) atoms. The van der Waals surface area contributed by atoms with Crippen molar-refractivity contribution in [3.05, 3.63) is 0 Å². The third-order valence-corrected chi connectivity index (χ3v) is 1.33. The third-order valence-electron chi connectivity index (χ3n) is 1.33. The zero-order valence-electron chi connectivity index (χ0n) is 5.08. The molecule has 0 aromatic rings. The molecule has 0 spiro atoms. The average Bonchev–Trinajstić information content (AvgIpc) is 1.90. The molecule has 1 amide bonds. The van der Waals surface area contributed by atoms with Crippen molar-refractivity contribution in [2.45, 2.75) is 0 Å². The molecular weight excluding hydrogens is 120 g/mol. The first-order valence-electron chi connectivity index (χ1n) is 2.92. The molecule has 0 atom stereocenters. The first-order chi connectivity index (χ1) is 4.30. The molecule has 0 saturated carbocycles. The van der Waals surface area contributed by atoms with E-state index < -0.39 is 6.09 Å². The Balaban J connectivity index is 2.31. The van der Waals surface area contributed by atoms with Crippen molar-refractivity contribution in [2.24, 2.45) is 0 Å². The summed E-state index contributed by atoms with van der Waals surface area (Å²) in [7, 11) is 0. The second-order valence-corrected chi connectivity index (χ2v) is 1.94. The predicted octanol–water partition coefficient (Wildman–Crippen LogP) is -0.416. The van der Waals surface area contributed by atoms with Crippen LogP contribution in [-0.4, -0.2) is 42.3 Å². The van der Waals surface area contributed by atoms with Crippen LogP contribution in [0, 0.1) is 0 Å². The Kier molecular flexibility index (Phi) is 1.89. The first-order valence-corrected chi connectivity index (χ1v) is 2.92. The van der Waals surface area contributed by atoms with Crippen molar-refractivity contribution >= 4 is 6.09 Å². The lowest BCUT2D eigenvalue weighted by atomic mass is 10.4. The van der Waals surface area contributed by atoms with Gasteiger partial charge in [-0.3, -0.25) is 0 Å². The Morgan fingerprint density at radius 2 is 2.00 bits per heavy atom. The molecule has 0 aromatic heterocycles. The fourth-order valence-corrected chi connectivity index (χ4v) is 0.798. The largest absolute Gasteiger partial charge is 0.465 e. The van der Waals surface area contributed by atoms with Gasteiger partial charge in [0.05, 0.1) is 0 Å². The van der Waals surface area contributed by atoms with Crippen LogP contribution < -0.4 is 5.32 Å². The fraction of sp³-hybridized carbons (Fsp3) is 0.800. The second kappa shape index (κ2) is 2.68. The Morgan fingerprint density at radius 3 is 2.33 bits per heavy atom. The van der Waals surface area contributed by atoms with Crippen LogP contribution in [0.15, 0.2) is 0 Å². The van der Waals surface area contributed by atoms with Crippen LogP contribution in [-0.2, 0) is 0 Å². The van der Waals surface area contributed by atoms with Gasteiger partial charge in [-0.15, -0.1) is 0 Å². The number of piperazine rings is 1. The molecule has 1 aliphatic heterocycles. The van der Waals surface area contributed by atoms with Crippen LogP contribution in [0.25, 0.3) is 0 Å². The van der Waals surface area contributed by atoms with Crippen LogP contribution in [0.5, 0.6) is 0 Å². The van der Waals surface area contributed by atoms with E-state index in [9.17, 15) is 4.79 Å². The minimum atomic E-state index is -0.829. The molecule has 0 bridgehead atoms. The summed E-state index contributed by atoms with van der Waals surface area (Å²) in [6.45, 7) is 2.45. The van der Waals surface area contributed by atoms with Crippen molar-refractivity contribution in [1.29, 1.82) is 0 Å². The molecule has 0 unspecified atom stereocenters. The van der Waals surface area contributed by atoms with Crippen LogP contribution in [0.1, 0.15) is 0 Å². The number of carbonyl (C=O) groups is 1. The average molecular weight is 129 g/mol. The standard InChI is InChI=1S/C5H9N2O2/c8-5(9)7-3-1-6-2-4-7/h1-4H2,(H,8,9). The zero-order valence-corrected chi connectivity index (χ0v) is 5.08. The third kappa shape index (κ3) is 1.57. The summed E-state index contributed by atoms with van der Waals surface area (Å²) in [5.41, 5.74) is 0. The van der Waals surface area contributed by atoms with Crippen LogP contribution >= 0.6 is 0 Å². The van der Waals surface area contributed by atoms with Gasteiger partial charge in [-0.2, -0.15) is 0 Å². The van der Waals surface area contributed by atoms with Gasteiger partial charge >= 0.3 is 6.09 Å². The van der Waals surface area contributed by atoms with Gasteiger partial charge in [-0.25, -0.2) is 10.1 Å². The van der Waals surface area contributed by atoms with Crippen molar-refractivity contribution in [3.8, 4) is 0 Å². The summed E-state index contributed by atoms with van der Waals surface area (Å²) in [6, 6.07) is 0. The van der Waals surface area contributed by atoms with Gasteiger partial charge in [0.25, 0.3) is 0 Å². The smallest absolute Gasteiger partial charge is 0.407 e. The molecule has 1 rings (SSSR count). The van der Waals surface area contributed by atoms with Crippen LogP contribution in [0.4, 0.5) is 4.79 Å². The number of amides is 1. The van der Waals surface area contributed by atoms with E-state index in [1.807, 2.05) is 0 Å². The van der Waals surface area contributed by atoms with Crippen molar-refractivity contribution < 1.29 is 9.90 Å². The molecule has 1 fully saturated rings. The van der Waals surface area contributed by atoms with E-state index in [2.05, 4.69) is 5.32 Å². The maximum absolute atomic E-state index is 10.2. The molecule has 4 heteroatoms. The molecule has 1 N–H and O–H groups in total. The van der Waals surface area contributed by atoms with E-state index in [4.69, 9.17) is 5.11 Å². The van der Waals surface area contributed by atoms with Crippen molar-refractivity contribution in [1.82, 2.24) is 10.2 Å². The minimum Gasteiger partial charge on any atom is -0.465 e. The van der Waals surface area contributed by atoms with Crippen molar-refractivity contribution in [2.75, 3.05) is 26.2 Å². The maximum atomic E-state index is 10.2. The highest BCUT2D eigenvalue weighted by Gasteiger charge is 2.13. The quantitative estimate of drug-likeness (QED) is 0.483. The zero-order chi connectivity index (χ0) is 6.69. The van der Waals surface area contributed by atoms with E-state index in [1.54, 1.807) is 0 Å². The van der Waals surface area contributed by atoms with Gasteiger partial charge < -0.3 is 10.0 Å². The maximum Gasteiger partial charge on any atom is 0.407 e.